The fourth-order valence-corrected chi connectivity index (χ4v) is 6.16. The number of fused-ring (bicyclic) bond motifs is 1. The maximum atomic E-state index is 9.94. The zero-order valence-electron chi connectivity index (χ0n) is 15.6. The largest absolute Gasteiger partial charge is 0.377 e. The van der Waals surface area contributed by atoms with Gasteiger partial charge in [-0.3, -0.25) is 0 Å². The van der Waals surface area contributed by atoms with Gasteiger partial charge in [-0.05, 0) is 76.5 Å². The second kappa shape index (κ2) is 7.59. The zero-order valence-corrected chi connectivity index (χ0v) is 21.0. The molecule has 1 unspecified atom stereocenters. The van der Waals surface area contributed by atoms with Crippen molar-refractivity contribution >= 4 is 62.3 Å². The van der Waals surface area contributed by atoms with Gasteiger partial charge < -0.3 is 9.64 Å². The molecule has 0 spiro atoms. The maximum absolute atomic E-state index is 9.94. The number of anilines is 1. The van der Waals surface area contributed by atoms with Crippen molar-refractivity contribution < 1.29 is 4.74 Å². The summed E-state index contributed by atoms with van der Waals surface area (Å²) in [6.07, 6.45) is 4.02. The zero-order chi connectivity index (χ0) is 20.2. The molecule has 0 N–H and O–H groups in total. The number of aromatic nitrogens is 5. The Balaban J connectivity index is 1.78. The molecule has 0 bridgehead atoms. The topological polar surface area (TPSA) is 84.3 Å². The van der Waals surface area contributed by atoms with Crippen molar-refractivity contribution in [2.24, 2.45) is 0 Å². The molecule has 5 rings (SSSR count). The van der Waals surface area contributed by atoms with E-state index in [1.165, 1.54) is 0 Å². The molecule has 0 amide bonds. The van der Waals surface area contributed by atoms with Crippen LogP contribution in [0.15, 0.2) is 18.3 Å². The normalized spacial score (nSPS) is 21.2. The van der Waals surface area contributed by atoms with Crippen molar-refractivity contribution in [3.8, 4) is 17.6 Å². The van der Waals surface area contributed by atoms with Crippen LogP contribution in [0, 0.1) is 15.0 Å². The Morgan fingerprint density at radius 3 is 2.93 bits per heavy atom. The molecule has 0 aromatic carbocycles. The summed E-state index contributed by atoms with van der Waals surface area (Å²) in [5.74, 6) is 1.65. The van der Waals surface area contributed by atoms with Crippen LogP contribution in [-0.2, 0) is 10.2 Å². The SMILES string of the molecule is C[C@@H]1COCCN1c1cc(C2(C#N)CC2)c2c(I)nc(-c3ccnn3PI)n2n1. The van der Waals surface area contributed by atoms with E-state index >= 15 is 0 Å². The van der Waals surface area contributed by atoms with Crippen molar-refractivity contribution in [2.45, 2.75) is 31.2 Å². The molecule has 1 aliphatic carbocycles. The van der Waals surface area contributed by atoms with Gasteiger partial charge in [0.05, 0.1) is 43.3 Å². The minimum atomic E-state index is -0.434. The van der Waals surface area contributed by atoms with Crippen LogP contribution in [0.25, 0.3) is 17.0 Å². The summed E-state index contributed by atoms with van der Waals surface area (Å²) in [5.41, 5.74) is 2.48. The second-order valence-corrected chi connectivity index (χ2v) is 10.5. The number of imidazole rings is 1. The Hall–Kier alpha value is -1.03. The van der Waals surface area contributed by atoms with Crippen LogP contribution >= 0.6 is 51.0 Å². The van der Waals surface area contributed by atoms with Crippen molar-refractivity contribution in [3.63, 3.8) is 0 Å². The first-order chi connectivity index (χ1) is 14.1. The Morgan fingerprint density at radius 1 is 1.41 bits per heavy atom. The van der Waals surface area contributed by atoms with Gasteiger partial charge in [0.25, 0.3) is 0 Å². The molecule has 11 heteroatoms. The summed E-state index contributed by atoms with van der Waals surface area (Å²) in [7, 11) is 0. The average molecular weight is 633 g/mol. The predicted octanol–water partition coefficient (Wildman–Crippen LogP) is 3.77. The minimum absolute atomic E-state index is 0.228. The minimum Gasteiger partial charge on any atom is -0.377 e. The number of nitrogens with zero attached hydrogens (tertiary/aromatic N) is 7. The molecule has 3 aromatic heterocycles. The van der Waals surface area contributed by atoms with Crippen molar-refractivity contribution in [1.29, 1.82) is 5.26 Å². The fraction of sp³-hybridized carbons (Fsp3) is 0.444. The third-order valence-corrected chi connectivity index (χ3v) is 8.28. The molecule has 2 aliphatic rings. The first kappa shape index (κ1) is 19.9. The van der Waals surface area contributed by atoms with E-state index in [2.05, 4.69) is 73.7 Å². The Kier molecular flexibility index (Phi) is 5.21. The van der Waals surface area contributed by atoms with E-state index in [0.29, 0.717) is 19.6 Å². The molecule has 4 heterocycles. The van der Waals surface area contributed by atoms with Crippen molar-refractivity contribution in [3.05, 3.63) is 27.6 Å². The second-order valence-electron chi connectivity index (χ2n) is 7.43. The van der Waals surface area contributed by atoms with Gasteiger partial charge in [0.15, 0.2) is 5.82 Å². The lowest BCUT2D eigenvalue weighted by molar-refractivity contribution is 0.0984. The van der Waals surface area contributed by atoms with Crippen molar-refractivity contribution in [2.75, 3.05) is 24.7 Å². The van der Waals surface area contributed by atoms with Crippen LogP contribution in [-0.4, -0.2) is 49.9 Å². The van der Waals surface area contributed by atoms with Crippen LogP contribution in [0.5, 0.6) is 0 Å². The standard InChI is InChI=1S/C18H18I2N7OP/c1-11-9-28-7-6-25(11)14-8-12(18(10-21)3-4-18)15-16(19)23-17(26(15)24-14)13-2-5-22-27(13)29-20/h2,5,8,11,29H,3-4,6-7,9H2,1H3/t11-/m1/s1. The highest BCUT2D eigenvalue weighted by molar-refractivity contribution is 14.2. The molecule has 150 valence electrons. The molecule has 2 fully saturated rings. The van der Waals surface area contributed by atoms with E-state index < -0.39 is 5.41 Å². The average Bonchev–Trinajstić information content (AvgIpc) is 3.28. The Bertz CT molecular complexity index is 1130. The highest BCUT2D eigenvalue weighted by Crippen LogP contribution is 2.50. The first-order valence-corrected chi connectivity index (χ1v) is 14.5. The molecular weight excluding hydrogens is 615 g/mol. The quantitative estimate of drug-likeness (QED) is 0.322. The summed E-state index contributed by atoms with van der Waals surface area (Å²) in [6.45, 7) is 4.29. The van der Waals surface area contributed by atoms with Gasteiger partial charge in [0, 0.05) is 12.1 Å². The summed E-state index contributed by atoms with van der Waals surface area (Å²) < 4.78 is 10.3. The molecule has 8 nitrogen and oxygen atoms in total. The van der Waals surface area contributed by atoms with E-state index in [0.717, 1.165) is 51.5 Å². The van der Waals surface area contributed by atoms with E-state index in [1.54, 1.807) is 6.20 Å². The number of hydrogen-bond acceptors (Lipinski definition) is 6. The smallest absolute Gasteiger partial charge is 0.181 e. The number of morpholine rings is 1. The summed E-state index contributed by atoms with van der Waals surface area (Å²) in [6, 6.07) is 6.87. The van der Waals surface area contributed by atoms with Crippen LogP contribution in [0.2, 0.25) is 0 Å². The van der Waals surface area contributed by atoms with Crippen molar-refractivity contribution in [1.82, 2.24) is 24.1 Å². The van der Waals surface area contributed by atoms with Gasteiger partial charge in [0.2, 0.25) is 0 Å². The lowest BCUT2D eigenvalue weighted by atomic mass is 9.98. The summed E-state index contributed by atoms with van der Waals surface area (Å²) in [5, 5.41) is 19.4. The van der Waals surface area contributed by atoms with Crippen LogP contribution < -0.4 is 4.90 Å². The fourth-order valence-electron chi connectivity index (χ4n) is 3.88. The molecule has 1 saturated carbocycles. The van der Waals surface area contributed by atoms with Crippen LogP contribution in [0.3, 0.4) is 0 Å². The highest BCUT2D eigenvalue weighted by atomic mass is 127. The summed E-state index contributed by atoms with van der Waals surface area (Å²) in [4.78, 5) is 7.13. The number of halogens is 2. The van der Waals surface area contributed by atoms with Gasteiger partial charge in [-0.15, -0.1) is 5.10 Å². The molecule has 29 heavy (non-hydrogen) atoms. The van der Waals surface area contributed by atoms with Gasteiger partial charge >= 0.3 is 0 Å². The third kappa shape index (κ3) is 3.25. The first-order valence-electron chi connectivity index (χ1n) is 9.34. The molecule has 0 radical (unpaired) electrons. The third-order valence-electron chi connectivity index (χ3n) is 5.64. The van der Waals surface area contributed by atoms with Crippen LogP contribution in [0.4, 0.5) is 5.82 Å². The number of ether oxygens (including phenoxy) is 1. The van der Waals surface area contributed by atoms with E-state index in [-0.39, 0.29) is 6.04 Å². The number of rotatable bonds is 4. The molecular formula is C18H18I2N7OP. The van der Waals surface area contributed by atoms with Crippen LogP contribution in [0.1, 0.15) is 25.3 Å². The van der Waals surface area contributed by atoms with Gasteiger partial charge in [-0.2, -0.15) is 10.4 Å². The number of nitriles is 1. The lowest BCUT2D eigenvalue weighted by Gasteiger charge is -2.34. The van der Waals surface area contributed by atoms with Gasteiger partial charge in [-0.25, -0.2) is 14.0 Å². The summed E-state index contributed by atoms with van der Waals surface area (Å²) >= 11 is 4.58. The lowest BCUT2D eigenvalue weighted by Crippen LogP contribution is -2.44. The molecule has 3 aromatic rings. The molecule has 2 atom stereocenters. The van der Waals surface area contributed by atoms with Gasteiger partial charge in [0.1, 0.15) is 20.7 Å². The monoisotopic (exact) mass is 633 g/mol. The van der Waals surface area contributed by atoms with E-state index in [4.69, 9.17) is 14.8 Å². The maximum Gasteiger partial charge on any atom is 0.181 e. The van der Waals surface area contributed by atoms with Gasteiger partial charge in [-0.1, -0.05) is 0 Å². The van der Waals surface area contributed by atoms with E-state index in [1.807, 2.05) is 15.0 Å². The Morgan fingerprint density at radius 2 is 2.24 bits per heavy atom. The van der Waals surface area contributed by atoms with E-state index in [9.17, 15) is 5.26 Å². The molecule has 1 saturated heterocycles. The number of hydrogen-bond donors (Lipinski definition) is 0. The molecule has 1 aliphatic heterocycles. The Labute approximate surface area is 196 Å². The highest BCUT2D eigenvalue weighted by Gasteiger charge is 2.47. The predicted molar refractivity (Wildman–Crippen MR) is 129 cm³/mol.